The first-order chi connectivity index (χ1) is 8.26. The molecule has 6 nitrogen and oxygen atoms in total. The zero-order valence-electron chi connectivity index (χ0n) is 9.90. The van der Waals surface area contributed by atoms with E-state index in [4.69, 9.17) is 4.74 Å². The molecule has 94 valence electrons. The third-order valence-corrected chi connectivity index (χ3v) is 3.64. The van der Waals surface area contributed by atoms with E-state index in [9.17, 15) is 4.79 Å². The van der Waals surface area contributed by atoms with Crippen LogP contribution in [0.2, 0.25) is 0 Å². The highest BCUT2D eigenvalue weighted by Crippen LogP contribution is 2.12. The van der Waals surface area contributed by atoms with Crippen LogP contribution in [0.3, 0.4) is 0 Å². The van der Waals surface area contributed by atoms with Crippen LogP contribution in [0.15, 0.2) is 0 Å². The first-order valence-corrected chi connectivity index (χ1v) is 6.39. The van der Waals surface area contributed by atoms with E-state index in [2.05, 4.69) is 20.2 Å². The largest absolute Gasteiger partial charge is 0.378 e. The third kappa shape index (κ3) is 2.62. The number of carbonyl (C=O) groups excluding carboxylic acids is 1. The Morgan fingerprint density at radius 3 is 3.18 bits per heavy atom. The lowest BCUT2D eigenvalue weighted by Crippen LogP contribution is -2.43. The Hall–Kier alpha value is -1.05. The summed E-state index contributed by atoms with van der Waals surface area (Å²) in [6, 6.07) is 0.0132. The molecule has 0 aromatic carbocycles. The molecule has 17 heavy (non-hydrogen) atoms. The molecule has 1 fully saturated rings. The minimum Gasteiger partial charge on any atom is -0.378 e. The summed E-state index contributed by atoms with van der Waals surface area (Å²) in [4.78, 5) is 12.6. The lowest BCUT2D eigenvalue weighted by molar-refractivity contribution is 0.0782. The van der Waals surface area contributed by atoms with Crippen molar-refractivity contribution in [2.45, 2.75) is 25.5 Å². The highest BCUT2D eigenvalue weighted by Gasteiger charge is 2.29. The van der Waals surface area contributed by atoms with Crippen molar-refractivity contribution in [2.24, 2.45) is 0 Å². The highest BCUT2D eigenvalue weighted by molar-refractivity contribution is 7.08. The van der Waals surface area contributed by atoms with Crippen molar-refractivity contribution in [3.63, 3.8) is 0 Å². The van der Waals surface area contributed by atoms with E-state index in [0.717, 1.165) is 36.7 Å². The molecule has 1 aliphatic rings. The number of amides is 1. The molecule has 7 heteroatoms. The molecule has 1 unspecified atom stereocenters. The Labute approximate surface area is 104 Å². The quantitative estimate of drug-likeness (QED) is 0.781. The van der Waals surface area contributed by atoms with Crippen LogP contribution in [0, 0.1) is 0 Å². The van der Waals surface area contributed by atoms with E-state index in [1.54, 1.807) is 7.11 Å². The SMILES string of the molecule is CCc1nnsc1C(=O)NC1CNC[C@@H]1OC. The van der Waals surface area contributed by atoms with Gasteiger partial charge >= 0.3 is 0 Å². The fourth-order valence-corrected chi connectivity index (χ4v) is 2.55. The highest BCUT2D eigenvalue weighted by atomic mass is 32.1. The van der Waals surface area contributed by atoms with Gasteiger partial charge in [0.2, 0.25) is 0 Å². The fraction of sp³-hybridized carbons (Fsp3) is 0.700. The lowest BCUT2D eigenvalue weighted by Gasteiger charge is -2.18. The number of carbonyl (C=O) groups is 1. The number of aryl methyl sites for hydroxylation is 1. The maximum absolute atomic E-state index is 12.0. The van der Waals surface area contributed by atoms with Gasteiger partial charge in [-0.2, -0.15) is 0 Å². The van der Waals surface area contributed by atoms with Gasteiger partial charge in [-0.05, 0) is 18.0 Å². The molecule has 0 saturated carbocycles. The van der Waals surface area contributed by atoms with Gasteiger partial charge in [-0.1, -0.05) is 11.4 Å². The molecule has 1 aliphatic heterocycles. The van der Waals surface area contributed by atoms with Gasteiger partial charge in [-0.15, -0.1) is 5.10 Å². The van der Waals surface area contributed by atoms with E-state index in [0.29, 0.717) is 4.88 Å². The maximum Gasteiger partial charge on any atom is 0.265 e. The van der Waals surface area contributed by atoms with E-state index in [1.165, 1.54) is 0 Å². The summed E-state index contributed by atoms with van der Waals surface area (Å²) in [6.45, 7) is 3.46. The Kier molecular flexibility index (Phi) is 4.03. The Bertz CT molecular complexity index is 395. The van der Waals surface area contributed by atoms with Crippen molar-refractivity contribution in [1.82, 2.24) is 20.2 Å². The Balaban J connectivity index is 2.01. The Morgan fingerprint density at radius 1 is 1.65 bits per heavy atom. The lowest BCUT2D eigenvalue weighted by atomic mass is 10.2. The van der Waals surface area contributed by atoms with E-state index < -0.39 is 0 Å². The average Bonchev–Trinajstić information content (AvgIpc) is 2.96. The number of aromatic nitrogens is 2. The number of nitrogens with one attached hydrogen (secondary N) is 2. The number of methoxy groups -OCH3 is 1. The number of hydrogen-bond acceptors (Lipinski definition) is 6. The number of rotatable bonds is 4. The summed E-state index contributed by atoms with van der Waals surface area (Å²) in [6.07, 6.45) is 0.750. The van der Waals surface area contributed by atoms with Crippen LogP contribution in [0.25, 0.3) is 0 Å². The summed E-state index contributed by atoms with van der Waals surface area (Å²) in [5.74, 6) is -0.104. The van der Waals surface area contributed by atoms with E-state index >= 15 is 0 Å². The van der Waals surface area contributed by atoms with Gasteiger partial charge in [0.05, 0.1) is 17.8 Å². The smallest absolute Gasteiger partial charge is 0.265 e. The predicted octanol–water partition coefficient (Wildman–Crippen LogP) is -0.183. The second kappa shape index (κ2) is 5.52. The topological polar surface area (TPSA) is 76.1 Å². The van der Waals surface area contributed by atoms with Gasteiger partial charge in [0.15, 0.2) is 0 Å². The normalized spacial score (nSPS) is 23.9. The molecule has 1 saturated heterocycles. The zero-order chi connectivity index (χ0) is 12.3. The zero-order valence-corrected chi connectivity index (χ0v) is 10.7. The summed E-state index contributed by atoms with van der Waals surface area (Å²) in [7, 11) is 1.66. The van der Waals surface area contributed by atoms with Crippen LogP contribution in [0.4, 0.5) is 0 Å². The van der Waals surface area contributed by atoms with Crippen molar-refractivity contribution in [3.05, 3.63) is 10.6 Å². The molecule has 0 aliphatic carbocycles. The minimum absolute atomic E-state index is 0.0132. The first-order valence-electron chi connectivity index (χ1n) is 5.61. The predicted molar refractivity (Wildman–Crippen MR) is 64.2 cm³/mol. The molecule has 0 radical (unpaired) electrons. The summed E-state index contributed by atoms with van der Waals surface area (Å²) in [5.41, 5.74) is 0.757. The monoisotopic (exact) mass is 256 g/mol. The van der Waals surface area contributed by atoms with Crippen molar-refractivity contribution >= 4 is 17.4 Å². The molecule has 2 atom stereocenters. The first kappa shape index (κ1) is 12.4. The molecule has 2 rings (SSSR count). The van der Waals surface area contributed by atoms with Gasteiger partial charge < -0.3 is 15.4 Å². The number of nitrogens with zero attached hydrogens (tertiary/aromatic N) is 2. The fourth-order valence-electron chi connectivity index (χ4n) is 1.89. The average molecular weight is 256 g/mol. The molecule has 0 bridgehead atoms. The molecule has 1 amide bonds. The van der Waals surface area contributed by atoms with Gasteiger partial charge in [0.25, 0.3) is 5.91 Å². The van der Waals surface area contributed by atoms with Crippen LogP contribution in [-0.4, -0.2) is 47.8 Å². The van der Waals surface area contributed by atoms with Crippen molar-refractivity contribution < 1.29 is 9.53 Å². The van der Waals surface area contributed by atoms with Crippen molar-refractivity contribution in [2.75, 3.05) is 20.2 Å². The molecular weight excluding hydrogens is 240 g/mol. The van der Waals surface area contributed by atoms with Crippen LogP contribution in [0.1, 0.15) is 22.3 Å². The van der Waals surface area contributed by atoms with Gasteiger partial charge in [-0.25, -0.2) is 0 Å². The molecule has 1 aromatic heterocycles. The second-order valence-electron chi connectivity index (χ2n) is 3.91. The molecule has 0 spiro atoms. The summed E-state index contributed by atoms with van der Waals surface area (Å²) < 4.78 is 9.11. The van der Waals surface area contributed by atoms with Crippen LogP contribution in [-0.2, 0) is 11.2 Å². The number of ether oxygens (including phenoxy) is 1. The minimum atomic E-state index is -0.104. The second-order valence-corrected chi connectivity index (χ2v) is 4.67. The van der Waals surface area contributed by atoms with Crippen LogP contribution in [0.5, 0.6) is 0 Å². The van der Waals surface area contributed by atoms with Crippen LogP contribution < -0.4 is 10.6 Å². The molecule has 2 heterocycles. The molecule has 1 aromatic rings. The third-order valence-electron chi connectivity index (χ3n) is 2.87. The van der Waals surface area contributed by atoms with Gasteiger partial charge in [0.1, 0.15) is 4.88 Å². The molecule has 2 N–H and O–H groups in total. The van der Waals surface area contributed by atoms with E-state index in [1.807, 2.05) is 6.92 Å². The maximum atomic E-state index is 12.0. The standard InChI is InChI=1S/C10H16N4O2S/c1-3-6-9(17-14-13-6)10(15)12-7-4-11-5-8(7)16-2/h7-8,11H,3-5H2,1-2H3,(H,12,15)/t7?,8-/m0/s1. The van der Waals surface area contributed by atoms with Crippen LogP contribution >= 0.6 is 11.5 Å². The van der Waals surface area contributed by atoms with E-state index in [-0.39, 0.29) is 18.1 Å². The van der Waals surface area contributed by atoms with Gasteiger partial charge in [-0.3, -0.25) is 4.79 Å². The summed E-state index contributed by atoms with van der Waals surface area (Å²) >= 11 is 1.14. The number of hydrogen-bond donors (Lipinski definition) is 2. The Morgan fingerprint density at radius 2 is 2.47 bits per heavy atom. The molecular formula is C10H16N4O2S. The van der Waals surface area contributed by atoms with Crippen molar-refractivity contribution in [3.8, 4) is 0 Å². The summed E-state index contributed by atoms with van der Waals surface area (Å²) in [5, 5.41) is 10.1. The van der Waals surface area contributed by atoms with Gasteiger partial charge in [0, 0.05) is 20.2 Å². The van der Waals surface area contributed by atoms with Crippen molar-refractivity contribution in [1.29, 1.82) is 0 Å².